The Bertz CT molecular complexity index is 901. The van der Waals surface area contributed by atoms with Crippen molar-refractivity contribution < 1.29 is 38.2 Å². The van der Waals surface area contributed by atoms with E-state index in [4.69, 9.17) is 14.2 Å². The van der Waals surface area contributed by atoms with Crippen LogP contribution in [0.25, 0.3) is 0 Å². The van der Waals surface area contributed by atoms with Crippen molar-refractivity contribution in [2.45, 2.75) is 135 Å². The van der Waals surface area contributed by atoms with Crippen LogP contribution in [0.4, 0.5) is 0 Å². The zero-order valence-electron chi connectivity index (χ0n) is 29.7. The molecule has 2 atom stereocenters. The summed E-state index contributed by atoms with van der Waals surface area (Å²) in [6.45, 7) is 4.42. The maximum Gasteiger partial charge on any atom is 0.306 e. The minimum Gasteiger partial charge on any atom is -0.544 e. The fourth-order valence-electron chi connectivity index (χ4n) is 4.78. The molecule has 0 radical (unpaired) electrons. The van der Waals surface area contributed by atoms with E-state index >= 15 is 0 Å². The Morgan fingerprint density at radius 1 is 0.674 bits per heavy atom. The molecule has 0 fully saturated rings. The van der Waals surface area contributed by atoms with Crippen molar-refractivity contribution in [1.29, 1.82) is 0 Å². The highest BCUT2D eigenvalue weighted by molar-refractivity contribution is 5.70. The van der Waals surface area contributed by atoms with Gasteiger partial charge in [-0.3, -0.25) is 9.59 Å². The molecule has 8 heteroatoms. The van der Waals surface area contributed by atoms with Crippen LogP contribution < -0.4 is 5.11 Å². The van der Waals surface area contributed by atoms with E-state index in [0.717, 1.165) is 64.2 Å². The molecule has 0 aromatic rings. The number of esters is 2. The molecule has 0 saturated heterocycles. The number of hydrogen-bond donors (Lipinski definition) is 0. The number of allylic oxidation sites excluding steroid dienone is 8. The Morgan fingerprint density at radius 2 is 1.22 bits per heavy atom. The van der Waals surface area contributed by atoms with E-state index < -0.39 is 18.1 Å². The summed E-state index contributed by atoms with van der Waals surface area (Å²) < 4.78 is 17.0. The number of likely N-dealkylation sites (N-methyl/N-ethyl adjacent to an activating group) is 1. The Balaban J connectivity index is 4.48. The van der Waals surface area contributed by atoms with Crippen LogP contribution in [-0.4, -0.2) is 75.5 Å². The van der Waals surface area contributed by atoms with Gasteiger partial charge in [-0.2, -0.15) is 0 Å². The topological polar surface area (TPSA) is 102 Å². The van der Waals surface area contributed by atoms with Crippen LogP contribution in [0.2, 0.25) is 0 Å². The van der Waals surface area contributed by atoms with Crippen LogP contribution in [0, 0.1) is 0 Å². The lowest BCUT2D eigenvalue weighted by atomic mass is 10.1. The quantitative estimate of drug-likeness (QED) is 0.0352. The molecule has 0 aliphatic heterocycles. The van der Waals surface area contributed by atoms with Crippen LogP contribution >= 0.6 is 0 Å². The van der Waals surface area contributed by atoms with Gasteiger partial charge in [-0.25, -0.2) is 0 Å². The third-order valence-corrected chi connectivity index (χ3v) is 7.57. The average molecular weight is 648 g/mol. The molecule has 0 aromatic heterocycles. The third-order valence-electron chi connectivity index (χ3n) is 7.57. The summed E-state index contributed by atoms with van der Waals surface area (Å²) in [6.07, 6.45) is 31.5. The van der Waals surface area contributed by atoms with Crippen molar-refractivity contribution in [3.63, 3.8) is 0 Å². The summed E-state index contributed by atoms with van der Waals surface area (Å²) in [5, 5.41) is 11.5. The number of carbonyl (C=O) groups excluding carboxylic acids is 3. The van der Waals surface area contributed by atoms with Crippen molar-refractivity contribution in [3.05, 3.63) is 48.6 Å². The highest BCUT2D eigenvalue weighted by atomic mass is 16.6. The molecular weight excluding hydrogens is 582 g/mol. The van der Waals surface area contributed by atoms with Gasteiger partial charge in [-0.1, -0.05) is 120 Å². The molecular formula is C38H65NO7. The highest BCUT2D eigenvalue weighted by Gasteiger charge is 2.25. The molecule has 0 amide bonds. The third kappa shape index (κ3) is 27.6. The summed E-state index contributed by atoms with van der Waals surface area (Å²) in [5.74, 6) is -1.78. The van der Waals surface area contributed by atoms with Gasteiger partial charge in [0.15, 0.2) is 6.10 Å². The molecule has 0 N–H and O–H groups in total. The second kappa shape index (κ2) is 29.7. The van der Waals surface area contributed by atoms with Gasteiger partial charge in [-0.05, 0) is 32.1 Å². The number of carboxylic acid groups (broad SMARTS) is 1. The Hall–Kier alpha value is -2.71. The summed E-state index contributed by atoms with van der Waals surface area (Å²) in [7, 11) is 5.37. The van der Waals surface area contributed by atoms with E-state index in [0.29, 0.717) is 12.8 Å². The number of unbranched alkanes of at least 4 members (excludes halogenated alkanes) is 11. The molecule has 0 saturated carbocycles. The largest absolute Gasteiger partial charge is 0.544 e. The van der Waals surface area contributed by atoms with E-state index in [9.17, 15) is 19.5 Å². The van der Waals surface area contributed by atoms with E-state index in [1.54, 1.807) is 21.1 Å². The highest BCUT2D eigenvalue weighted by Crippen LogP contribution is 2.12. The molecule has 0 aromatic carbocycles. The van der Waals surface area contributed by atoms with Gasteiger partial charge >= 0.3 is 11.9 Å². The molecule has 8 nitrogen and oxygen atoms in total. The van der Waals surface area contributed by atoms with Crippen molar-refractivity contribution in [2.75, 3.05) is 41.0 Å². The second-order valence-corrected chi connectivity index (χ2v) is 12.8. The SMILES string of the molecule is CC/C=C/C=C/C=C/C=C/CCCCCCCC(=O)OC(COCCC(C(=O)[O-])[N+](C)(C)C)COC(=O)CCCCCCCCC. The maximum atomic E-state index is 12.6. The second-order valence-electron chi connectivity index (χ2n) is 12.8. The predicted molar refractivity (Wildman–Crippen MR) is 185 cm³/mol. The lowest BCUT2D eigenvalue weighted by molar-refractivity contribution is -0.889. The first-order valence-corrected chi connectivity index (χ1v) is 17.7. The summed E-state index contributed by atoms with van der Waals surface area (Å²) in [5.41, 5.74) is 0. The van der Waals surface area contributed by atoms with Crippen LogP contribution in [0.15, 0.2) is 48.6 Å². The zero-order valence-corrected chi connectivity index (χ0v) is 29.7. The molecule has 264 valence electrons. The monoisotopic (exact) mass is 647 g/mol. The Morgan fingerprint density at radius 3 is 1.80 bits per heavy atom. The summed E-state index contributed by atoms with van der Waals surface area (Å²) in [4.78, 5) is 36.4. The first-order valence-electron chi connectivity index (χ1n) is 17.7. The molecule has 0 aliphatic carbocycles. The van der Waals surface area contributed by atoms with Crippen LogP contribution in [0.1, 0.15) is 123 Å². The fraction of sp³-hybridized carbons (Fsp3) is 0.711. The molecule has 46 heavy (non-hydrogen) atoms. The van der Waals surface area contributed by atoms with Crippen LogP contribution in [0.5, 0.6) is 0 Å². The number of nitrogens with zero attached hydrogens (tertiary/aromatic N) is 1. The van der Waals surface area contributed by atoms with Gasteiger partial charge in [0, 0.05) is 19.3 Å². The molecule has 0 bridgehead atoms. The predicted octanol–water partition coefficient (Wildman–Crippen LogP) is 7.18. The average Bonchev–Trinajstić information content (AvgIpc) is 3.00. The van der Waals surface area contributed by atoms with Gasteiger partial charge in [0.2, 0.25) is 0 Å². The van der Waals surface area contributed by atoms with Crippen molar-refractivity contribution in [2.24, 2.45) is 0 Å². The molecule has 0 rings (SSSR count). The van der Waals surface area contributed by atoms with Crippen LogP contribution in [0.3, 0.4) is 0 Å². The maximum absolute atomic E-state index is 12.6. The fourth-order valence-corrected chi connectivity index (χ4v) is 4.78. The van der Waals surface area contributed by atoms with Crippen molar-refractivity contribution in [1.82, 2.24) is 0 Å². The standard InChI is InChI=1S/C38H65NO7/c1-6-8-10-12-14-15-16-17-18-19-20-21-23-25-27-29-37(41)46-34(32-44-31-30-35(38(42)43)39(3,4)5)33-45-36(40)28-26-24-22-13-11-9-7-2/h8,10,12,14-18,34-35H,6-7,9,11,13,19-33H2,1-5H3/b10-8+,14-12+,16-15+,18-17+. The normalized spacial score (nSPS) is 13.7. The number of aliphatic carboxylic acids is 1. The Labute approximate surface area is 280 Å². The van der Waals surface area contributed by atoms with Crippen LogP contribution in [-0.2, 0) is 28.6 Å². The zero-order chi connectivity index (χ0) is 34.3. The lowest BCUT2D eigenvalue weighted by Crippen LogP contribution is -2.55. The van der Waals surface area contributed by atoms with Gasteiger partial charge in [0.25, 0.3) is 0 Å². The minimum absolute atomic E-state index is 0.0300. The number of carbonyl (C=O) groups is 3. The smallest absolute Gasteiger partial charge is 0.306 e. The number of hydrogen-bond acceptors (Lipinski definition) is 7. The number of quaternary nitrogens is 1. The minimum atomic E-state index is -1.13. The number of rotatable bonds is 30. The summed E-state index contributed by atoms with van der Waals surface area (Å²) >= 11 is 0. The van der Waals surface area contributed by atoms with E-state index in [2.05, 4.69) is 32.1 Å². The van der Waals surface area contributed by atoms with Gasteiger partial charge in [0.05, 0.1) is 40.3 Å². The van der Waals surface area contributed by atoms with E-state index in [-0.39, 0.29) is 42.7 Å². The van der Waals surface area contributed by atoms with E-state index in [1.165, 1.54) is 25.7 Å². The summed E-state index contributed by atoms with van der Waals surface area (Å²) in [6, 6.07) is -0.728. The van der Waals surface area contributed by atoms with Gasteiger partial charge < -0.3 is 28.6 Å². The first kappa shape index (κ1) is 43.3. The Kier molecular flexibility index (Phi) is 27.9. The number of ether oxygens (including phenoxy) is 3. The molecule has 0 aliphatic rings. The molecule has 2 unspecified atom stereocenters. The van der Waals surface area contributed by atoms with Gasteiger partial charge in [-0.15, -0.1) is 0 Å². The van der Waals surface area contributed by atoms with Crippen molar-refractivity contribution in [3.8, 4) is 0 Å². The van der Waals surface area contributed by atoms with E-state index in [1.807, 2.05) is 30.4 Å². The van der Waals surface area contributed by atoms with Crippen molar-refractivity contribution >= 4 is 17.9 Å². The van der Waals surface area contributed by atoms with Gasteiger partial charge in [0.1, 0.15) is 12.6 Å². The molecule has 0 spiro atoms. The number of carboxylic acids is 1. The first-order chi connectivity index (χ1) is 22.1. The molecule has 0 heterocycles. The lowest BCUT2D eigenvalue weighted by Gasteiger charge is -2.34.